The maximum atomic E-state index is 10.6. The standard InChI is InChI=1S/C15H19N3.C2HF3O2/c1-11(2)18-8-7-17-15(18)14-10-16-9-12-5-3-4-6-13(12)14;3-2(4,5)1(6)7/h3-8,11,14,16H,9-10H2,1-2H3;(H,6,7). The smallest absolute Gasteiger partial charge is 0.475 e. The first-order valence-electron chi connectivity index (χ1n) is 7.83. The van der Waals surface area contributed by atoms with Gasteiger partial charge in [0, 0.05) is 31.5 Å². The van der Waals surface area contributed by atoms with Gasteiger partial charge in [0.2, 0.25) is 0 Å². The van der Waals surface area contributed by atoms with Crippen LogP contribution in [0.4, 0.5) is 13.2 Å². The number of aliphatic carboxylic acids is 1. The zero-order valence-corrected chi connectivity index (χ0v) is 13.9. The fraction of sp³-hybridized carbons (Fsp3) is 0.412. The monoisotopic (exact) mass is 355 g/mol. The molecule has 0 saturated heterocycles. The highest BCUT2D eigenvalue weighted by Gasteiger charge is 2.38. The number of rotatable bonds is 2. The van der Waals surface area contributed by atoms with E-state index < -0.39 is 12.1 Å². The average Bonchev–Trinajstić information content (AvgIpc) is 3.03. The Balaban J connectivity index is 0.000000277. The topological polar surface area (TPSA) is 67.2 Å². The van der Waals surface area contributed by atoms with Crippen molar-refractivity contribution in [3.05, 3.63) is 53.6 Å². The molecule has 8 heteroatoms. The molecule has 0 fully saturated rings. The van der Waals surface area contributed by atoms with Crippen molar-refractivity contribution in [2.45, 2.75) is 38.5 Å². The Kier molecular flexibility index (Phi) is 5.84. The van der Waals surface area contributed by atoms with E-state index in [0.29, 0.717) is 12.0 Å². The largest absolute Gasteiger partial charge is 0.490 e. The molecule has 1 aliphatic rings. The zero-order chi connectivity index (χ0) is 18.6. The van der Waals surface area contributed by atoms with Crippen LogP contribution in [-0.4, -0.2) is 33.3 Å². The number of benzene rings is 1. The number of hydrogen-bond donors (Lipinski definition) is 2. The number of aromatic nitrogens is 2. The van der Waals surface area contributed by atoms with Crippen LogP contribution in [-0.2, 0) is 11.3 Å². The maximum Gasteiger partial charge on any atom is 0.490 e. The summed E-state index contributed by atoms with van der Waals surface area (Å²) >= 11 is 0. The highest BCUT2D eigenvalue weighted by Crippen LogP contribution is 2.30. The number of fused-ring (bicyclic) bond motifs is 1. The Hall–Kier alpha value is -2.35. The Morgan fingerprint density at radius 3 is 2.60 bits per heavy atom. The number of nitrogens with zero attached hydrogens (tertiary/aromatic N) is 2. The summed E-state index contributed by atoms with van der Waals surface area (Å²) in [5.41, 5.74) is 2.82. The van der Waals surface area contributed by atoms with Gasteiger partial charge in [0.05, 0.1) is 5.92 Å². The molecule has 136 valence electrons. The molecule has 0 spiro atoms. The van der Waals surface area contributed by atoms with Crippen molar-refractivity contribution in [1.82, 2.24) is 14.9 Å². The average molecular weight is 355 g/mol. The lowest BCUT2D eigenvalue weighted by Gasteiger charge is -2.27. The van der Waals surface area contributed by atoms with Gasteiger partial charge >= 0.3 is 12.1 Å². The summed E-state index contributed by atoms with van der Waals surface area (Å²) < 4.78 is 34.0. The van der Waals surface area contributed by atoms with Gasteiger partial charge in [0.1, 0.15) is 5.82 Å². The minimum absolute atomic E-state index is 0.368. The minimum Gasteiger partial charge on any atom is -0.475 e. The second-order valence-corrected chi connectivity index (χ2v) is 5.97. The molecule has 25 heavy (non-hydrogen) atoms. The van der Waals surface area contributed by atoms with Crippen molar-refractivity contribution < 1.29 is 23.1 Å². The van der Waals surface area contributed by atoms with Gasteiger partial charge < -0.3 is 15.0 Å². The van der Waals surface area contributed by atoms with Gasteiger partial charge in [0.25, 0.3) is 0 Å². The van der Waals surface area contributed by atoms with E-state index in [4.69, 9.17) is 9.90 Å². The highest BCUT2D eigenvalue weighted by molar-refractivity contribution is 5.73. The van der Waals surface area contributed by atoms with E-state index in [2.05, 4.69) is 59.2 Å². The van der Waals surface area contributed by atoms with Crippen LogP contribution in [0.15, 0.2) is 36.7 Å². The highest BCUT2D eigenvalue weighted by atomic mass is 19.4. The van der Waals surface area contributed by atoms with Crippen LogP contribution in [0.3, 0.4) is 0 Å². The number of carbonyl (C=O) groups is 1. The Morgan fingerprint density at radius 1 is 1.36 bits per heavy atom. The molecule has 0 radical (unpaired) electrons. The molecule has 1 atom stereocenters. The van der Waals surface area contributed by atoms with Crippen LogP contribution in [0.25, 0.3) is 0 Å². The second kappa shape index (κ2) is 7.69. The van der Waals surface area contributed by atoms with Gasteiger partial charge in [-0.3, -0.25) is 0 Å². The van der Waals surface area contributed by atoms with Crippen molar-refractivity contribution in [2.24, 2.45) is 0 Å². The number of alkyl halides is 3. The predicted molar refractivity (Wildman–Crippen MR) is 86.3 cm³/mol. The molecule has 0 aliphatic carbocycles. The van der Waals surface area contributed by atoms with E-state index >= 15 is 0 Å². The number of hydrogen-bond acceptors (Lipinski definition) is 3. The second-order valence-electron chi connectivity index (χ2n) is 5.97. The van der Waals surface area contributed by atoms with Crippen molar-refractivity contribution in [1.29, 1.82) is 0 Å². The molecular weight excluding hydrogens is 335 g/mol. The number of carboxylic acid groups (broad SMARTS) is 1. The molecule has 5 nitrogen and oxygen atoms in total. The lowest BCUT2D eigenvalue weighted by Crippen LogP contribution is -2.30. The molecule has 1 aromatic heterocycles. The first-order chi connectivity index (χ1) is 11.7. The SMILES string of the molecule is CC(C)n1ccnc1C1CNCc2ccccc21.O=C(O)C(F)(F)F. The number of imidazole rings is 1. The number of carboxylic acids is 1. The zero-order valence-electron chi connectivity index (χ0n) is 13.9. The molecule has 1 aliphatic heterocycles. The molecule has 2 aromatic rings. The normalized spacial score (nSPS) is 16.8. The van der Waals surface area contributed by atoms with Crippen molar-refractivity contribution >= 4 is 5.97 Å². The maximum absolute atomic E-state index is 10.6. The molecule has 1 unspecified atom stereocenters. The van der Waals surface area contributed by atoms with Crippen LogP contribution < -0.4 is 5.32 Å². The molecule has 3 rings (SSSR count). The lowest BCUT2D eigenvalue weighted by molar-refractivity contribution is -0.192. The molecule has 1 aromatic carbocycles. The van der Waals surface area contributed by atoms with E-state index in [1.807, 2.05) is 6.20 Å². The van der Waals surface area contributed by atoms with E-state index in [9.17, 15) is 13.2 Å². The first-order valence-corrected chi connectivity index (χ1v) is 7.83. The third-order valence-electron chi connectivity index (χ3n) is 3.90. The minimum atomic E-state index is -5.08. The summed E-state index contributed by atoms with van der Waals surface area (Å²) in [4.78, 5) is 13.5. The van der Waals surface area contributed by atoms with Crippen LogP contribution in [0.5, 0.6) is 0 Å². The fourth-order valence-corrected chi connectivity index (χ4v) is 2.76. The molecule has 0 amide bonds. The van der Waals surface area contributed by atoms with Crippen LogP contribution >= 0.6 is 0 Å². The van der Waals surface area contributed by atoms with Gasteiger partial charge in [-0.25, -0.2) is 9.78 Å². The quantitative estimate of drug-likeness (QED) is 0.867. The summed E-state index contributed by atoms with van der Waals surface area (Å²) in [6.07, 6.45) is -1.09. The van der Waals surface area contributed by atoms with Crippen molar-refractivity contribution in [3.8, 4) is 0 Å². The van der Waals surface area contributed by atoms with Crippen molar-refractivity contribution in [3.63, 3.8) is 0 Å². The number of halogens is 3. The summed E-state index contributed by atoms with van der Waals surface area (Å²) in [5.74, 6) is -1.22. The summed E-state index contributed by atoms with van der Waals surface area (Å²) in [6.45, 7) is 6.34. The summed E-state index contributed by atoms with van der Waals surface area (Å²) in [5, 5.41) is 10.6. The van der Waals surface area contributed by atoms with Gasteiger partial charge in [-0.05, 0) is 25.0 Å². The fourth-order valence-electron chi connectivity index (χ4n) is 2.76. The first kappa shape index (κ1) is 19.0. The summed E-state index contributed by atoms with van der Waals surface area (Å²) in [6, 6.07) is 9.13. The van der Waals surface area contributed by atoms with E-state index in [1.165, 1.54) is 17.0 Å². The van der Waals surface area contributed by atoms with Gasteiger partial charge in [-0.15, -0.1) is 0 Å². The third-order valence-corrected chi connectivity index (χ3v) is 3.90. The predicted octanol–water partition coefficient (Wildman–Crippen LogP) is 3.33. The Bertz CT molecular complexity index is 726. The molecule has 0 bridgehead atoms. The lowest BCUT2D eigenvalue weighted by atomic mass is 9.90. The van der Waals surface area contributed by atoms with Crippen LogP contribution in [0.1, 0.15) is 42.8 Å². The molecule has 2 N–H and O–H groups in total. The third kappa shape index (κ3) is 4.60. The van der Waals surface area contributed by atoms with Crippen LogP contribution in [0.2, 0.25) is 0 Å². The molecular formula is C17H20F3N3O2. The number of nitrogens with one attached hydrogen (secondary N) is 1. The van der Waals surface area contributed by atoms with E-state index in [-0.39, 0.29) is 0 Å². The Morgan fingerprint density at radius 2 is 2.00 bits per heavy atom. The van der Waals surface area contributed by atoms with E-state index in [0.717, 1.165) is 13.1 Å². The van der Waals surface area contributed by atoms with Gasteiger partial charge in [-0.2, -0.15) is 13.2 Å². The van der Waals surface area contributed by atoms with Crippen molar-refractivity contribution in [2.75, 3.05) is 6.54 Å². The molecule has 2 heterocycles. The van der Waals surface area contributed by atoms with Gasteiger partial charge in [-0.1, -0.05) is 24.3 Å². The van der Waals surface area contributed by atoms with Gasteiger partial charge in [0.15, 0.2) is 0 Å². The van der Waals surface area contributed by atoms with E-state index in [1.54, 1.807) is 0 Å². The molecule has 0 saturated carbocycles. The van der Waals surface area contributed by atoms with Crippen LogP contribution in [0, 0.1) is 0 Å². The Labute approximate surface area is 143 Å². The summed E-state index contributed by atoms with van der Waals surface area (Å²) in [7, 11) is 0.